The van der Waals surface area contributed by atoms with E-state index in [0.717, 1.165) is 11.0 Å². The molecular formula is C6H10N2O3P2. The highest BCUT2D eigenvalue weighted by Crippen LogP contribution is 2.26. The summed E-state index contributed by atoms with van der Waals surface area (Å²) in [7, 11) is 4.24. The van der Waals surface area contributed by atoms with Gasteiger partial charge in [0, 0.05) is 6.42 Å². The third-order valence-electron chi connectivity index (χ3n) is 1.84. The molecule has 0 aromatic rings. The lowest BCUT2D eigenvalue weighted by atomic mass is 10.2. The highest BCUT2D eigenvalue weighted by molar-refractivity contribution is 7.18. The van der Waals surface area contributed by atoms with Crippen molar-refractivity contribution in [3.05, 3.63) is 0 Å². The van der Waals surface area contributed by atoms with E-state index in [1.165, 1.54) is 4.67 Å². The van der Waals surface area contributed by atoms with Crippen molar-refractivity contribution in [3.8, 4) is 0 Å². The molecule has 1 heterocycles. The van der Waals surface area contributed by atoms with Gasteiger partial charge in [-0.2, -0.15) is 0 Å². The Morgan fingerprint density at radius 1 is 1.38 bits per heavy atom. The van der Waals surface area contributed by atoms with Gasteiger partial charge < -0.3 is 4.79 Å². The fraction of sp³-hybridized carbons (Fsp3) is 0.500. The molecule has 0 bridgehead atoms. The number of nitrogens with zero attached hydrogens (tertiary/aromatic N) is 2. The van der Waals surface area contributed by atoms with E-state index in [1.807, 2.05) is 0 Å². The summed E-state index contributed by atoms with van der Waals surface area (Å²) in [5, 5.41) is 0. The highest BCUT2D eigenvalue weighted by Gasteiger charge is 2.40. The van der Waals surface area contributed by atoms with Gasteiger partial charge in [-0.05, 0) is 25.2 Å². The summed E-state index contributed by atoms with van der Waals surface area (Å²) in [6.45, 7) is 0. The van der Waals surface area contributed by atoms with E-state index >= 15 is 0 Å². The molecule has 1 aliphatic heterocycles. The van der Waals surface area contributed by atoms with Crippen molar-refractivity contribution >= 4 is 37.0 Å². The normalized spacial score (nSPS) is 22.8. The number of rotatable bonds is 3. The van der Waals surface area contributed by atoms with Crippen molar-refractivity contribution in [1.29, 1.82) is 0 Å². The van der Waals surface area contributed by atoms with Gasteiger partial charge >= 0.3 is 6.03 Å². The van der Waals surface area contributed by atoms with Gasteiger partial charge in [-0.25, -0.2) is 9.46 Å². The second-order valence-electron chi connectivity index (χ2n) is 2.66. The Hall–Kier alpha value is -0.530. The smallest absolute Gasteiger partial charge is 0.303 e. The van der Waals surface area contributed by atoms with E-state index in [-0.39, 0.29) is 18.4 Å². The maximum atomic E-state index is 11.3. The summed E-state index contributed by atoms with van der Waals surface area (Å²) in [4.78, 5) is 32.6. The molecular weight excluding hydrogens is 210 g/mol. The van der Waals surface area contributed by atoms with Gasteiger partial charge in [-0.15, -0.1) is 0 Å². The van der Waals surface area contributed by atoms with Crippen molar-refractivity contribution in [2.75, 3.05) is 0 Å². The lowest BCUT2D eigenvalue weighted by Gasteiger charge is -2.13. The number of carbonyl (C=O) groups is 3. The second kappa shape index (κ2) is 4.12. The van der Waals surface area contributed by atoms with Gasteiger partial charge in [0.15, 0.2) is 0 Å². The second-order valence-corrected chi connectivity index (χ2v) is 3.73. The van der Waals surface area contributed by atoms with E-state index in [1.54, 1.807) is 0 Å². The first-order valence-electron chi connectivity index (χ1n) is 3.69. The van der Waals surface area contributed by atoms with Crippen molar-refractivity contribution < 1.29 is 14.4 Å². The number of urea groups is 1. The van der Waals surface area contributed by atoms with E-state index in [2.05, 4.69) is 18.8 Å². The summed E-state index contributed by atoms with van der Waals surface area (Å²) in [5.74, 6) is -0.285. The zero-order valence-corrected chi connectivity index (χ0v) is 9.15. The van der Waals surface area contributed by atoms with Gasteiger partial charge in [0.1, 0.15) is 12.3 Å². The molecule has 7 heteroatoms. The van der Waals surface area contributed by atoms with Crippen LogP contribution < -0.4 is 0 Å². The predicted octanol–water partition coefficient (Wildman–Crippen LogP) is 0.178. The molecule has 0 spiro atoms. The minimum Gasteiger partial charge on any atom is -0.303 e. The molecule has 0 radical (unpaired) electrons. The molecule has 13 heavy (non-hydrogen) atoms. The van der Waals surface area contributed by atoms with E-state index in [9.17, 15) is 14.4 Å². The maximum absolute atomic E-state index is 11.3. The van der Waals surface area contributed by atoms with E-state index < -0.39 is 6.04 Å². The molecule has 3 atom stereocenters. The zero-order valence-electron chi connectivity index (χ0n) is 6.84. The Balaban J connectivity index is 2.69. The van der Waals surface area contributed by atoms with Crippen LogP contribution in [0.25, 0.3) is 0 Å². The Bertz CT molecular complexity index is 258. The largest absolute Gasteiger partial charge is 0.333 e. The molecule has 3 amide bonds. The van der Waals surface area contributed by atoms with Crippen LogP contribution in [0.5, 0.6) is 0 Å². The molecule has 5 nitrogen and oxygen atoms in total. The molecule has 0 aliphatic carbocycles. The number of hydrogen-bond donors (Lipinski definition) is 0. The summed E-state index contributed by atoms with van der Waals surface area (Å²) in [5.41, 5.74) is 0. The molecule has 1 aliphatic rings. The lowest BCUT2D eigenvalue weighted by molar-refractivity contribution is -0.124. The number of carbonyl (C=O) groups excluding carboxylic acids is 3. The Morgan fingerprint density at radius 2 is 2.00 bits per heavy atom. The Morgan fingerprint density at radius 3 is 2.38 bits per heavy atom. The average molecular weight is 220 g/mol. The van der Waals surface area contributed by atoms with Crippen molar-refractivity contribution in [3.63, 3.8) is 0 Å². The van der Waals surface area contributed by atoms with Crippen LogP contribution in [-0.4, -0.2) is 33.6 Å². The molecule has 0 aromatic heterocycles. The minimum absolute atomic E-state index is 0.285. The Kier molecular flexibility index (Phi) is 3.34. The number of aldehydes is 1. The molecule has 0 N–H and O–H groups in total. The first-order valence-corrected chi connectivity index (χ1v) is 4.73. The molecule has 72 valence electrons. The van der Waals surface area contributed by atoms with Crippen LogP contribution >= 0.6 is 18.8 Å². The standard InChI is InChI=1S/C6H10N2O3P2/c9-3-1-2-4-5(10)8(13)6(11)7(4)12/h3-4H,1-2,12-13H2/t4-/m0/s1. The van der Waals surface area contributed by atoms with Crippen LogP contribution in [0, 0.1) is 0 Å². The molecule has 2 unspecified atom stereocenters. The number of hydrogen-bond acceptors (Lipinski definition) is 3. The minimum atomic E-state index is -0.514. The molecule has 1 saturated heterocycles. The van der Waals surface area contributed by atoms with Crippen LogP contribution in [0.15, 0.2) is 0 Å². The summed E-state index contributed by atoms with van der Waals surface area (Å²) in [6, 6.07) is -0.893. The van der Waals surface area contributed by atoms with Gasteiger partial charge in [0.05, 0.1) is 0 Å². The number of imide groups is 1. The van der Waals surface area contributed by atoms with E-state index in [0.29, 0.717) is 6.42 Å². The van der Waals surface area contributed by atoms with Gasteiger partial charge in [-0.3, -0.25) is 9.46 Å². The fourth-order valence-corrected chi connectivity index (χ4v) is 1.96. The summed E-state index contributed by atoms with van der Waals surface area (Å²) < 4.78 is 2.24. The molecule has 1 fully saturated rings. The topological polar surface area (TPSA) is 57.7 Å². The van der Waals surface area contributed by atoms with Crippen molar-refractivity contribution in [2.24, 2.45) is 0 Å². The quantitative estimate of drug-likeness (QED) is 0.387. The average Bonchev–Trinajstić information content (AvgIpc) is 2.30. The van der Waals surface area contributed by atoms with Crippen molar-refractivity contribution in [2.45, 2.75) is 18.9 Å². The molecule has 0 aromatic carbocycles. The first-order chi connectivity index (χ1) is 6.09. The first kappa shape index (κ1) is 10.6. The lowest BCUT2D eigenvalue weighted by Crippen LogP contribution is -2.26. The Labute approximate surface area is 80.3 Å². The highest BCUT2D eigenvalue weighted by atomic mass is 31.0. The van der Waals surface area contributed by atoms with Gasteiger partial charge in [0.25, 0.3) is 5.91 Å². The zero-order chi connectivity index (χ0) is 10.0. The monoisotopic (exact) mass is 220 g/mol. The summed E-state index contributed by atoms with van der Waals surface area (Å²) >= 11 is 0. The van der Waals surface area contributed by atoms with Crippen LogP contribution in [-0.2, 0) is 9.59 Å². The molecule has 0 saturated carbocycles. The SMILES string of the molecule is O=CCC[C@H]1C(=O)N(P)C(=O)N1P. The van der Waals surface area contributed by atoms with Crippen LogP contribution in [0.1, 0.15) is 12.8 Å². The van der Waals surface area contributed by atoms with E-state index in [4.69, 9.17) is 0 Å². The van der Waals surface area contributed by atoms with Crippen LogP contribution in [0.3, 0.4) is 0 Å². The van der Waals surface area contributed by atoms with Crippen LogP contribution in [0.4, 0.5) is 4.79 Å². The third-order valence-corrected chi connectivity index (χ3v) is 2.90. The van der Waals surface area contributed by atoms with Gasteiger partial charge in [-0.1, -0.05) is 0 Å². The van der Waals surface area contributed by atoms with Crippen LogP contribution in [0.2, 0.25) is 0 Å². The third kappa shape index (κ3) is 1.87. The summed E-state index contributed by atoms with van der Waals surface area (Å²) in [6.07, 6.45) is 1.40. The molecule has 1 rings (SSSR count). The number of amides is 3. The fourth-order valence-electron chi connectivity index (χ4n) is 1.12. The van der Waals surface area contributed by atoms with Crippen molar-refractivity contribution in [1.82, 2.24) is 9.34 Å². The van der Waals surface area contributed by atoms with Gasteiger partial charge in [0.2, 0.25) is 0 Å². The predicted molar refractivity (Wildman–Crippen MR) is 52.6 cm³/mol. The maximum Gasteiger partial charge on any atom is 0.333 e.